The van der Waals surface area contributed by atoms with Gasteiger partial charge in [-0.25, -0.2) is 9.97 Å². The molecular weight excluding hydrogens is 186 g/mol. The minimum Gasteiger partial charge on any atom is -0.343 e. The van der Waals surface area contributed by atoms with Crippen molar-refractivity contribution in [3.63, 3.8) is 0 Å². The fraction of sp³-hybridized carbons (Fsp3) is 0. The van der Waals surface area contributed by atoms with Gasteiger partial charge in [0, 0.05) is 17.8 Å². The molecule has 3 rings (SSSR count). The molecule has 3 heteroatoms. The van der Waals surface area contributed by atoms with Crippen molar-refractivity contribution >= 4 is 10.9 Å². The first kappa shape index (κ1) is 8.17. The fourth-order valence-corrected chi connectivity index (χ4v) is 1.60. The van der Waals surface area contributed by atoms with Crippen molar-refractivity contribution in [1.29, 1.82) is 0 Å². The molecule has 0 radical (unpaired) electrons. The Morgan fingerprint density at radius 1 is 1.00 bits per heavy atom. The molecule has 72 valence electrons. The Hall–Kier alpha value is -2.16. The number of aromatic nitrogens is 3. The summed E-state index contributed by atoms with van der Waals surface area (Å²) in [4.78, 5) is 11.7. The first-order chi connectivity index (χ1) is 7.43. The lowest BCUT2D eigenvalue weighted by molar-refractivity contribution is 1.25. The Bertz CT molecular complexity index is 585. The van der Waals surface area contributed by atoms with Crippen LogP contribution in [0.2, 0.25) is 0 Å². The molecule has 0 amide bonds. The van der Waals surface area contributed by atoms with Crippen LogP contribution in [0.3, 0.4) is 0 Å². The van der Waals surface area contributed by atoms with E-state index in [1.807, 2.05) is 30.3 Å². The van der Waals surface area contributed by atoms with Gasteiger partial charge in [-0.1, -0.05) is 24.3 Å². The van der Waals surface area contributed by atoms with Crippen LogP contribution in [0.4, 0.5) is 0 Å². The van der Waals surface area contributed by atoms with Crippen LogP contribution in [0.5, 0.6) is 0 Å². The highest BCUT2D eigenvalue weighted by molar-refractivity contribution is 5.80. The number of rotatable bonds is 1. The van der Waals surface area contributed by atoms with Crippen LogP contribution in [0.15, 0.2) is 48.8 Å². The second-order valence-electron chi connectivity index (χ2n) is 3.33. The van der Waals surface area contributed by atoms with Gasteiger partial charge in [-0.15, -0.1) is 0 Å². The summed E-state index contributed by atoms with van der Waals surface area (Å²) >= 11 is 0. The molecule has 0 aliphatic rings. The summed E-state index contributed by atoms with van der Waals surface area (Å²) in [5.41, 5.74) is 1.87. The lowest BCUT2D eigenvalue weighted by atomic mass is 10.2. The number of hydrogen-bond donors (Lipinski definition) is 1. The molecule has 3 aromatic rings. The lowest BCUT2D eigenvalue weighted by Gasteiger charge is -1.99. The van der Waals surface area contributed by atoms with Gasteiger partial charge in [-0.2, -0.15) is 0 Å². The van der Waals surface area contributed by atoms with E-state index < -0.39 is 0 Å². The van der Waals surface area contributed by atoms with Gasteiger partial charge in [-0.05, 0) is 12.1 Å². The zero-order chi connectivity index (χ0) is 10.1. The molecular formula is C12H9N3. The Labute approximate surface area is 86.8 Å². The number of H-pyrrole nitrogens is 1. The summed E-state index contributed by atoms with van der Waals surface area (Å²) in [6.07, 6.45) is 3.53. The van der Waals surface area contributed by atoms with Crippen LogP contribution in [0.1, 0.15) is 0 Å². The second kappa shape index (κ2) is 3.20. The molecule has 0 saturated carbocycles. The van der Waals surface area contributed by atoms with E-state index >= 15 is 0 Å². The summed E-state index contributed by atoms with van der Waals surface area (Å²) in [7, 11) is 0. The smallest absolute Gasteiger partial charge is 0.155 e. The lowest BCUT2D eigenvalue weighted by Crippen LogP contribution is -1.86. The maximum atomic E-state index is 4.52. The predicted molar refractivity (Wildman–Crippen MR) is 59.3 cm³/mol. The van der Waals surface area contributed by atoms with Gasteiger partial charge in [0.1, 0.15) is 5.69 Å². The van der Waals surface area contributed by atoms with E-state index in [2.05, 4.69) is 21.0 Å². The monoisotopic (exact) mass is 195 g/mol. The summed E-state index contributed by atoms with van der Waals surface area (Å²) < 4.78 is 0. The highest BCUT2D eigenvalue weighted by Crippen LogP contribution is 2.17. The highest BCUT2D eigenvalue weighted by Gasteiger charge is 2.01. The molecule has 0 saturated heterocycles. The summed E-state index contributed by atoms with van der Waals surface area (Å²) in [5, 5.41) is 1.15. The molecule has 2 aromatic heterocycles. The van der Waals surface area contributed by atoms with Crippen LogP contribution < -0.4 is 0 Å². The normalized spacial score (nSPS) is 10.7. The van der Waals surface area contributed by atoms with Crippen molar-refractivity contribution in [3.05, 3.63) is 48.8 Å². The number of hydrogen-bond acceptors (Lipinski definition) is 2. The number of aromatic amines is 1. The Balaban J connectivity index is 2.22. The number of para-hydroxylation sites is 1. The van der Waals surface area contributed by atoms with Crippen LogP contribution in [0.25, 0.3) is 22.4 Å². The van der Waals surface area contributed by atoms with Gasteiger partial charge in [0.2, 0.25) is 0 Å². The minimum absolute atomic E-state index is 0.806. The summed E-state index contributed by atoms with van der Waals surface area (Å²) in [6.45, 7) is 0. The molecule has 2 heterocycles. The van der Waals surface area contributed by atoms with E-state index in [-0.39, 0.29) is 0 Å². The zero-order valence-corrected chi connectivity index (χ0v) is 8.01. The van der Waals surface area contributed by atoms with E-state index in [4.69, 9.17) is 0 Å². The minimum atomic E-state index is 0.806. The number of pyridine rings is 1. The summed E-state index contributed by atoms with van der Waals surface area (Å²) in [5.74, 6) is 0.806. The molecule has 15 heavy (non-hydrogen) atoms. The van der Waals surface area contributed by atoms with Gasteiger partial charge in [-0.3, -0.25) is 0 Å². The Morgan fingerprint density at radius 2 is 1.93 bits per heavy atom. The molecule has 1 N–H and O–H groups in total. The van der Waals surface area contributed by atoms with Crippen LogP contribution >= 0.6 is 0 Å². The van der Waals surface area contributed by atoms with Crippen molar-refractivity contribution in [3.8, 4) is 11.5 Å². The Kier molecular flexibility index (Phi) is 1.75. The molecule has 0 unspecified atom stereocenters. The van der Waals surface area contributed by atoms with Crippen molar-refractivity contribution in [2.24, 2.45) is 0 Å². The SMILES string of the molecule is c1ccc2nc(-c3ncc[nH]3)ccc2c1. The average molecular weight is 195 g/mol. The molecule has 0 spiro atoms. The van der Waals surface area contributed by atoms with Gasteiger partial charge in [0.15, 0.2) is 5.82 Å². The largest absolute Gasteiger partial charge is 0.343 e. The van der Waals surface area contributed by atoms with Crippen LogP contribution in [-0.2, 0) is 0 Å². The first-order valence-electron chi connectivity index (χ1n) is 4.79. The third kappa shape index (κ3) is 1.38. The topological polar surface area (TPSA) is 41.6 Å². The number of fused-ring (bicyclic) bond motifs is 1. The van der Waals surface area contributed by atoms with E-state index in [1.54, 1.807) is 12.4 Å². The molecule has 3 nitrogen and oxygen atoms in total. The molecule has 0 fully saturated rings. The van der Waals surface area contributed by atoms with Crippen molar-refractivity contribution in [2.75, 3.05) is 0 Å². The molecule has 1 aromatic carbocycles. The molecule has 0 aliphatic carbocycles. The second-order valence-corrected chi connectivity index (χ2v) is 3.33. The number of benzene rings is 1. The maximum Gasteiger partial charge on any atom is 0.155 e. The van der Waals surface area contributed by atoms with Crippen molar-refractivity contribution < 1.29 is 0 Å². The van der Waals surface area contributed by atoms with E-state index in [1.165, 1.54) is 0 Å². The average Bonchev–Trinajstić information content (AvgIpc) is 2.82. The third-order valence-electron chi connectivity index (χ3n) is 2.34. The standard InChI is InChI=1S/C12H9N3/c1-2-4-10-9(3-1)5-6-11(15-10)12-13-7-8-14-12/h1-8H,(H,13,14). The van der Waals surface area contributed by atoms with Gasteiger partial charge in [0.25, 0.3) is 0 Å². The zero-order valence-electron chi connectivity index (χ0n) is 8.01. The van der Waals surface area contributed by atoms with Gasteiger partial charge >= 0.3 is 0 Å². The number of nitrogens with zero attached hydrogens (tertiary/aromatic N) is 2. The van der Waals surface area contributed by atoms with E-state index in [0.29, 0.717) is 0 Å². The first-order valence-corrected chi connectivity index (χ1v) is 4.79. The molecule has 0 aliphatic heterocycles. The van der Waals surface area contributed by atoms with E-state index in [0.717, 1.165) is 22.4 Å². The Morgan fingerprint density at radius 3 is 2.80 bits per heavy atom. The van der Waals surface area contributed by atoms with Gasteiger partial charge in [0.05, 0.1) is 5.52 Å². The number of imidazole rings is 1. The number of nitrogens with one attached hydrogen (secondary N) is 1. The quantitative estimate of drug-likeness (QED) is 0.648. The highest BCUT2D eigenvalue weighted by atomic mass is 14.9. The van der Waals surface area contributed by atoms with Crippen LogP contribution in [-0.4, -0.2) is 15.0 Å². The maximum absolute atomic E-state index is 4.52. The summed E-state index contributed by atoms with van der Waals surface area (Å²) in [6, 6.07) is 12.1. The molecule has 0 atom stereocenters. The van der Waals surface area contributed by atoms with Gasteiger partial charge < -0.3 is 4.98 Å². The van der Waals surface area contributed by atoms with Crippen molar-refractivity contribution in [2.45, 2.75) is 0 Å². The van der Waals surface area contributed by atoms with Crippen LogP contribution in [0, 0.1) is 0 Å². The fourth-order valence-electron chi connectivity index (χ4n) is 1.60. The molecule has 0 bridgehead atoms. The van der Waals surface area contributed by atoms with E-state index in [9.17, 15) is 0 Å². The third-order valence-corrected chi connectivity index (χ3v) is 2.34. The predicted octanol–water partition coefficient (Wildman–Crippen LogP) is 2.62. The van der Waals surface area contributed by atoms with Crippen molar-refractivity contribution in [1.82, 2.24) is 15.0 Å².